The van der Waals surface area contributed by atoms with Crippen molar-refractivity contribution in [1.82, 2.24) is 14.9 Å². The zero-order valence-corrected chi connectivity index (χ0v) is 22.6. The summed E-state index contributed by atoms with van der Waals surface area (Å²) in [5, 5.41) is 6.07. The molecule has 40 heavy (non-hydrogen) atoms. The van der Waals surface area contributed by atoms with Crippen LogP contribution in [0.15, 0.2) is 85.2 Å². The first kappa shape index (κ1) is 27.0. The van der Waals surface area contributed by atoms with E-state index >= 15 is 0 Å². The smallest absolute Gasteiger partial charge is 0.255 e. The fourth-order valence-electron chi connectivity index (χ4n) is 4.68. The molecular formula is C32H33N5O3. The maximum absolute atomic E-state index is 13.1. The Kier molecular flexibility index (Phi) is 8.78. The van der Waals surface area contributed by atoms with Crippen LogP contribution in [0, 0.1) is 6.92 Å². The highest BCUT2D eigenvalue weighted by molar-refractivity contribution is 6.05. The van der Waals surface area contributed by atoms with Crippen molar-refractivity contribution in [3.8, 4) is 5.75 Å². The Morgan fingerprint density at radius 1 is 0.900 bits per heavy atom. The van der Waals surface area contributed by atoms with E-state index in [4.69, 9.17) is 4.74 Å². The molecule has 0 unspecified atom stereocenters. The number of Topliss-reactive ketones (excluding diaryl/α,β-unsaturated/α-hetero) is 1. The fourth-order valence-corrected chi connectivity index (χ4v) is 4.68. The molecule has 1 fully saturated rings. The van der Waals surface area contributed by atoms with E-state index in [2.05, 4.69) is 25.5 Å². The van der Waals surface area contributed by atoms with E-state index in [1.54, 1.807) is 36.7 Å². The third-order valence-electron chi connectivity index (χ3n) is 6.87. The Morgan fingerprint density at radius 3 is 2.45 bits per heavy atom. The van der Waals surface area contributed by atoms with Gasteiger partial charge in [-0.15, -0.1) is 0 Å². The standard InChI is InChI=1S/C32H33N5O3/c1-23-12-13-27(35-31(39)25-8-3-2-4-9-25)20-29(23)30(38)18-24-21-33-32(34-22-24)36-26-10-7-11-28(19-26)40-17-16-37-14-5-6-15-37/h2-4,7-13,19-22H,5-6,14-18H2,1H3,(H,35,39)(H,33,34,36). The molecular weight excluding hydrogens is 502 g/mol. The average molecular weight is 536 g/mol. The van der Waals surface area contributed by atoms with Gasteiger partial charge in [0.05, 0.1) is 0 Å². The van der Waals surface area contributed by atoms with Gasteiger partial charge in [-0.1, -0.05) is 30.3 Å². The molecule has 1 aliphatic heterocycles. The van der Waals surface area contributed by atoms with Crippen molar-refractivity contribution in [2.24, 2.45) is 0 Å². The van der Waals surface area contributed by atoms with Crippen molar-refractivity contribution in [2.45, 2.75) is 26.2 Å². The molecule has 204 valence electrons. The molecule has 0 saturated carbocycles. The number of amides is 1. The molecule has 8 nitrogen and oxygen atoms in total. The third-order valence-corrected chi connectivity index (χ3v) is 6.87. The maximum Gasteiger partial charge on any atom is 0.255 e. The number of aromatic nitrogens is 2. The predicted octanol–water partition coefficient (Wildman–Crippen LogP) is 5.68. The van der Waals surface area contributed by atoms with Crippen LogP contribution in [-0.2, 0) is 6.42 Å². The number of rotatable bonds is 11. The lowest BCUT2D eigenvalue weighted by Gasteiger charge is -2.15. The number of hydrogen-bond acceptors (Lipinski definition) is 7. The molecule has 8 heteroatoms. The second-order valence-corrected chi connectivity index (χ2v) is 9.91. The number of benzene rings is 3. The Balaban J connectivity index is 1.16. The van der Waals surface area contributed by atoms with Crippen molar-refractivity contribution >= 4 is 29.0 Å². The summed E-state index contributed by atoms with van der Waals surface area (Å²) in [7, 11) is 0. The van der Waals surface area contributed by atoms with Crippen LogP contribution in [0.3, 0.4) is 0 Å². The number of ether oxygens (including phenoxy) is 1. The van der Waals surface area contributed by atoms with Gasteiger partial charge in [0.2, 0.25) is 5.95 Å². The van der Waals surface area contributed by atoms with Crippen molar-refractivity contribution in [3.63, 3.8) is 0 Å². The van der Waals surface area contributed by atoms with Gasteiger partial charge in [0.25, 0.3) is 5.91 Å². The molecule has 1 saturated heterocycles. The van der Waals surface area contributed by atoms with Gasteiger partial charge in [0.1, 0.15) is 12.4 Å². The van der Waals surface area contributed by atoms with E-state index < -0.39 is 0 Å². The minimum Gasteiger partial charge on any atom is -0.492 e. The van der Waals surface area contributed by atoms with Crippen LogP contribution >= 0.6 is 0 Å². The number of likely N-dealkylation sites (tertiary alicyclic amines) is 1. The van der Waals surface area contributed by atoms with E-state index in [1.165, 1.54) is 12.8 Å². The molecule has 0 spiro atoms. The van der Waals surface area contributed by atoms with Gasteiger partial charge in [0, 0.05) is 53.9 Å². The quantitative estimate of drug-likeness (QED) is 0.239. The summed E-state index contributed by atoms with van der Waals surface area (Å²) >= 11 is 0. The minimum absolute atomic E-state index is 0.0728. The summed E-state index contributed by atoms with van der Waals surface area (Å²) in [5.41, 5.74) is 4.04. The zero-order valence-electron chi connectivity index (χ0n) is 22.6. The molecule has 0 aliphatic carbocycles. The normalized spacial score (nSPS) is 13.1. The van der Waals surface area contributed by atoms with E-state index in [0.717, 1.165) is 36.6 Å². The van der Waals surface area contributed by atoms with Crippen LogP contribution in [0.2, 0.25) is 0 Å². The third kappa shape index (κ3) is 7.30. The molecule has 5 rings (SSSR count). The van der Waals surface area contributed by atoms with Gasteiger partial charge in [-0.05, 0) is 80.4 Å². The first-order valence-corrected chi connectivity index (χ1v) is 13.6. The highest BCUT2D eigenvalue weighted by Gasteiger charge is 2.14. The molecule has 4 aromatic rings. The molecule has 3 aromatic carbocycles. The highest BCUT2D eigenvalue weighted by atomic mass is 16.5. The monoisotopic (exact) mass is 535 g/mol. The van der Waals surface area contributed by atoms with Gasteiger partial charge in [-0.2, -0.15) is 0 Å². The average Bonchev–Trinajstić information content (AvgIpc) is 3.49. The number of hydrogen-bond donors (Lipinski definition) is 2. The fraction of sp³-hybridized carbons (Fsp3) is 0.250. The summed E-state index contributed by atoms with van der Waals surface area (Å²) in [6, 6.07) is 22.0. The van der Waals surface area contributed by atoms with Crippen molar-refractivity contribution in [2.75, 3.05) is 36.9 Å². The number of anilines is 3. The lowest BCUT2D eigenvalue weighted by Crippen LogP contribution is -2.25. The molecule has 1 amide bonds. The summed E-state index contributed by atoms with van der Waals surface area (Å²) in [6.07, 6.45) is 6.00. The Bertz CT molecular complexity index is 1450. The number of carbonyl (C=O) groups excluding carboxylic acids is 2. The van der Waals surface area contributed by atoms with Crippen LogP contribution in [-0.4, -0.2) is 52.8 Å². The van der Waals surface area contributed by atoms with Crippen LogP contribution in [0.1, 0.15) is 44.7 Å². The van der Waals surface area contributed by atoms with Crippen molar-refractivity contribution in [3.05, 3.63) is 107 Å². The van der Waals surface area contributed by atoms with Gasteiger partial charge < -0.3 is 15.4 Å². The molecule has 1 aromatic heterocycles. The predicted molar refractivity (Wildman–Crippen MR) is 157 cm³/mol. The van der Waals surface area contributed by atoms with Crippen LogP contribution in [0.4, 0.5) is 17.3 Å². The second kappa shape index (κ2) is 13.0. The first-order valence-electron chi connectivity index (χ1n) is 13.6. The highest BCUT2D eigenvalue weighted by Crippen LogP contribution is 2.21. The maximum atomic E-state index is 13.1. The Labute approximate surface area is 234 Å². The molecule has 0 radical (unpaired) electrons. The van der Waals surface area contributed by atoms with Crippen LogP contribution in [0.25, 0.3) is 0 Å². The Morgan fingerprint density at radius 2 is 1.68 bits per heavy atom. The van der Waals surface area contributed by atoms with E-state index in [1.807, 2.05) is 55.5 Å². The number of nitrogens with zero attached hydrogens (tertiary/aromatic N) is 3. The van der Waals surface area contributed by atoms with Crippen LogP contribution in [0.5, 0.6) is 5.75 Å². The largest absolute Gasteiger partial charge is 0.492 e. The van der Waals surface area contributed by atoms with Gasteiger partial charge >= 0.3 is 0 Å². The van der Waals surface area contributed by atoms with E-state index in [0.29, 0.717) is 34.9 Å². The summed E-state index contributed by atoms with van der Waals surface area (Å²) < 4.78 is 5.93. The summed E-state index contributed by atoms with van der Waals surface area (Å²) in [4.78, 5) is 36.9. The van der Waals surface area contributed by atoms with Gasteiger partial charge in [-0.25, -0.2) is 9.97 Å². The van der Waals surface area contributed by atoms with E-state index in [-0.39, 0.29) is 18.1 Å². The SMILES string of the molecule is Cc1ccc(NC(=O)c2ccccc2)cc1C(=O)Cc1cnc(Nc2cccc(OCCN3CCCC3)c2)nc1. The zero-order chi connectivity index (χ0) is 27.7. The molecule has 0 atom stereocenters. The lowest BCUT2D eigenvalue weighted by atomic mass is 9.99. The topological polar surface area (TPSA) is 96.5 Å². The van der Waals surface area contributed by atoms with Crippen molar-refractivity contribution < 1.29 is 14.3 Å². The van der Waals surface area contributed by atoms with Crippen molar-refractivity contribution in [1.29, 1.82) is 0 Å². The first-order chi connectivity index (χ1) is 19.5. The van der Waals surface area contributed by atoms with Crippen LogP contribution < -0.4 is 15.4 Å². The number of aryl methyl sites for hydroxylation is 1. The van der Waals surface area contributed by atoms with Gasteiger partial charge in [0.15, 0.2) is 5.78 Å². The number of nitrogens with one attached hydrogen (secondary N) is 2. The lowest BCUT2D eigenvalue weighted by molar-refractivity contribution is 0.0989. The second-order valence-electron chi connectivity index (χ2n) is 9.91. The summed E-state index contributed by atoms with van der Waals surface area (Å²) in [5.74, 6) is 0.936. The Hall–Kier alpha value is -4.56. The number of carbonyl (C=O) groups is 2. The molecule has 1 aliphatic rings. The van der Waals surface area contributed by atoms with E-state index in [9.17, 15) is 9.59 Å². The molecule has 2 heterocycles. The minimum atomic E-state index is -0.224. The summed E-state index contributed by atoms with van der Waals surface area (Å²) in [6.45, 7) is 5.78. The molecule has 2 N–H and O–H groups in total. The number of ketones is 1. The molecule has 0 bridgehead atoms. The van der Waals surface area contributed by atoms with Gasteiger partial charge in [-0.3, -0.25) is 14.5 Å².